The molecule has 0 spiro atoms. The van der Waals surface area contributed by atoms with Gasteiger partial charge in [-0.1, -0.05) is 0 Å². The first-order valence-corrected chi connectivity index (χ1v) is 5.54. The maximum absolute atomic E-state index is 7.26. The molecule has 86 valence electrons. The van der Waals surface area contributed by atoms with Crippen LogP contribution >= 0.6 is 11.6 Å². The molecule has 1 aromatic heterocycles. The number of nitrogens with one attached hydrogen (secondary N) is 2. The van der Waals surface area contributed by atoms with Gasteiger partial charge < -0.3 is 15.5 Å². The van der Waals surface area contributed by atoms with Crippen molar-refractivity contribution in [1.82, 2.24) is 9.97 Å². The molecule has 0 radical (unpaired) electrons. The van der Waals surface area contributed by atoms with E-state index in [0.29, 0.717) is 17.4 Å². The fraction of sp³-hybridized carbons (Fsp3) is 0.500. The largest absolute Gasteiger partial charge is 0.381 e. The first-order chi connectivity index (χ1) is 7.79. The Bertz CT molecular complexity index is 379. The third-order valence-electron chi connectivity index (χ3n) is 2.51. The van der Waals surface area contributed by atoms with Gasteiger partial charge in [-0.25, -0.2) is 9.97 Å². The maximum Gasteiger partial charge on any atom is 0.224 e. The summed E-state index contributed by atoms with van der Waals surface area (Å²) < 4.78 is 5.27. The molecule has 1 fully saturated rings. The Hall–Kier alpha value is -1.20. The highest BCUT2D eigenvalue weighted by atomic mass is 35.5. The van der Waals surface area contributed by atoms with Crippen LogP contribution in [-0.4, -0.2) is 35.4 Å². The summed E-state index contributed by atoms with van der Waals surface area (Å²) in [5.41, 5.74) is 0.649. The molecule has 0 bridgehead atoms. The third-order valence-corrected chi connectivity index (χ3v) is 2.69. The highest BCUT2D eigenvalue weighted by Gasteiger charge is 2.15. The van der Waals surface area contributed by atoms with Gasteiger partial charge in [-0.3, -0.25) is 0 Å². The lowest BCUT2D eigenvalue weighted by Gasteiger charge is -2.24. The second-order valence-electron chi connectivity index (χ2n) is 3.62. The molecule has 5 nitrogen and oxygen atoms in total. The standard InChI is InChI=1S/C10H13ClN4O/c11-10-13-6-7(5-12)9(15-10)14-8-1-3-16-4-2-8/h5-6,8,12H,1-4H2,(H,13,14,15). The van der Waals surface area contributed by atoms with Crippen LogP contribution in [0.4, 0.5) is 5.82 Å². The number of halogens is 1. The molecule has 6 heteroatoms. The quantitative estimate of drug-likeness (QED) is 0.623. The van der Waals surface area contributed by atoms with Crippen molar-refractivity contribution in [3.8, 4) is 0 Å². The van der Waals surface area contributed by atoms with Crippen LogP contribution in [0.25, 0.3) is 0 Å². The molecule has 1 aliphatic heterocycles. The summed E-state index contributed by atoms with van der Waals surface area (Å²) in [6, 6.07) is 0.332. The zero-order valence-corrected chi connectivity index (χ0v) is 9.50. The van der Waals surface area contributed by atoms with E-state index in [-0.39, 0.29) is 5.28 Å². The van der Waals surface area contributed by atoms with E-state index < -0.39 is 0 Å². The minimum absolute atomic E-state index is 0.195. The molecule has 1 saturated heterocycles. The van der Waals surface area contributed by atoms with E-state index in [1.54, 1.807) is 6.20 Å². The molecule has 0 aromatic carbocycles. The zero-order valence-electron chi connectivity index (χ0n) is 8.74. The van der Waals surface area contributed by atoms with Gasteiger partial charge in [0, 0.05) is 31.7 Å². The molecule has 0 amide bonds. The molecule has 2 rings (SSSR count). The molecular formula is C10H13ClN4O. The summed E-state index contributed by atoms with van der Waals surface area (Å²) in [4.78, 5) is 7.93. The van der Waals surface area contributed by atoms with Crippen molar-refractivity contribution in [3.05, 3.63) is 17.0 Å². The molecule has 1 aliphatic rings. The second kappa shape index (κ2) is 5.23. The van der Waals surface area contributed by atoms with Gasteiger partial charge in [0.25, 0.3) is 0 Å². The Labute approximate surface area is 98.7 Å². The van der Waals surface area contributed by atoms with E-state index in [0.717, 1.165) is 26.1 Å². The van der Waals surface area contributed by atoms with Crippen molar-refractivity contribution in [2.24, 2.45) is 0 Å². The van der Waals surface area contributed by atoms with Crippen LogP contribution in [0.3, 0.4) is 0 Å². The lowest BCUT2D eigenvalue weighted by Crippen LogP contribution is -2.28. The van der Waals surface area contributed by atoms with Crippen molar-refractivity contribution in [2.45, 2.75) is 18.9 Å². The van der Waals surface area contributed by atoms with E-state index in [2.05, 4.69) is 15.3 Å². The molecule has 0 saturated carbocycles. The van der Waals surface area contributed by atoms with E-state index >= 15 is 0 Å². The van der Waals surface area contributed by atoms with Crippen molar-refractivity contribution >= 4 is 23.6 Å². The maximum atomic E-state index is 7.26. The van der Waals surface area contributed by atoms with Crippen molar-refractivity contribution in [1.29, 1.82) is 5.41 Å². The van der Waals surface area contributed by atoms with Crippen LogP contribution in [0.1, 0.15) is 18.4 Å². The van der Waals surface area contributed by atoms with Crippen LogP contribution in [-0.2, 0) is 4.74 Å². The summed E-state index contributed by atoms with van der Waals surface area (Å²) in [6.07, 6.45) is 4.65. The Kier molecular flexibility index (Phi) is 3.69. The number of nitrogens with zero attached hydrogens (tertiary/aromatic N) is 2. The predicted molar refractivity (Wildman–Crippen MR) is 62.4 cm³/mol. The Morgan fingerprint density at radius 3 is 2.94 bits per heavy atom. The van der Waals surface area contributed by atoms with E-state index in [1.807, 2.05) is 0 Å². The third kappa shape index (κ3) is 2.68. The van der Waals surface area contributed by atoms with Crippen molar-refractivity contribution in [3.63, 3.8) is 0 Å². The minimum Gasteiger partial charge on any atom is -0.381 e. The zero-order chi connectivity index (χ0) is 11.4. The Balaban J connectivity index is 2.12. The van der Waals surface area contributed by atoms with E-state index in [1.165, 1.54) is 6.21 Å². The SMILES string of the molecule is N=Cc1cnc(Cl)nc1NC1CCOCC1. The van der Waals surface area contributed by atoms with Gasteiger partial charge in [0.15, 0.2) is 0 Å². The second-order valence-corrected chi connectivity index (χ2v) is 3.96. The van der Waals surface area contributed by atoms with Gasteiger partial charge >= 0.3 is 0 Å². The smallest absolute Gasteiger partial charge is 0.224 e. The number of anilines is 1. The van der Waals surface area contributed by atoms with Crippen LogP contribution < -0.4 is 5.32 Å². The number of rotatable bonds is 3. The monoisotopic (exact) mass is 240 g/mol. The van der Waals surface area contributed by atoms with Gasteiger partial charge in [-0.05, 0) is 24.4 Å². The first-order valence-electron chi connectivity index (χ1n) is 5.17. The molecule has 2 heterocycles. The van der Waals surface area contributed by atoms with E-state index in [9.17, 15) is 0 Å². The van der Waals surface area contributed by atoms with Crippen molar-refractivity contribution < 1.29 is 4.74 Å². The number of hydrogen-bond donors (Lipinski definition) is 2. The molecule has 0 unspecified atom stereocenters. The van der Waals surface area contributed by atoms with E-state index in [4.69, 9.17) is 21.7 Å². The lowest BCUT2D eigenvalue weighted by molar-refractivity contribution is 0.0904. The summed E-state index contributed by atoms with van der Waals surface area (Å²) in [5, 5.41) is 10.7. The number of ether oxygens (including phenoxy) is 1. The van der Waals surface area contributed by atoms with Gasteiger partial charge in [0.2, 0.25) is 5.28 Å². The summed E-state index contributed by atoms with van der Waals surface area (Å²) in [5.74, 6) is 0.627. The number of hydrogen-bond acceptors (Lipinski definition) is 5. The van der Waals surface area contributed by atoms with Gasteiger partial charge in [0.1, 0.15) is 5.82 Å². The number of aromatic nitrogens is 2. The first kappa shape index (κ1) is 11.3. The fourth-order valence-corrected chi connectivity index (χ4v) is 1.76. The summed E-state index contributed by atoms with van der Waals surface area (Å²) >= 11 is 5.73. The minimum atomic E-state index is 0.195. The Morgan fingerprint density at radius 2 is 2.25 bits per heavy atom. The highest BCUT2D eigenvalue weighted by Crippen LogP contribution is 2.17. The molecule has 0 atom stereocenters. The van der Waals surface area contributed by atoms with Crippen LogP contribution in [0.2, 0.25) is 5.28 Å². The normalized spacial score (nSPS) is 17.1. The van der Waals surface area contributed by atoms with Crippen molar-refractivity contribution in [2.75, 3.05) is 18.5 Å². The van der Waals surface area contributed by atoms with Gasteiger partial charge in [0.05, 0.1) is 5.56 Å². The lowest BCUT2D eigenvalue weighted by atomic mass is 10.1. The summed E-state index contributed by atoms with van der Waals surface area (Å²) in [7, 11) is 0. The van der Waals surface area contributed by atoms with Gasteiger partial charge in [-0.15, -0.1) is 0 Å². The average molecular weight is 241 g/mol. The topological polar surface area (TPSA) is 70.9 Å². The van der Waals surface area contributed by atoms with Crippen LogP contribution in [0.15, 0.2) is 6.20 Å². The molecule has 16 heavy (non-hydrogen) atoms. The Morgan fingerprint density at radius 1 is 1.50 bits per heavy atom. The molecule has 1 aromatic rings. The predicted octanol–water partition coefficient (Wildman–Crippen LogP) is 1.72. The fourth-order valence-electron chi connectivity index (χ4n) is 1.63. The van der Waals surface area contributed by atoms with Crippen LogP contribution in [0.5, 0.6) is 0 Å². The molecule has 0 aliphatic carbocycles. The van der Waals surface area contributed by atoms with Gasteiger partial charge in [-0.2, -0.15) is 0 Å². The molecule has 2 N–H and O–H groups in total. The van der Waals surface area contributed by atoms with Crippen LogP contribution in [0, 0.1) is 5.41 Å². The summed E-state index contributed by atoms with van der Waals surface area (Å²) in [6.45, 7) is 1.52. The molecular weight excluding hydrogens is 228 g/mol. The average Bonchev–Trinajstić information content (AvgIpc) is 2.31. The highest BCUT2D eigenvalue weighted by molar-refractivity contribution is 6.28.